The summed E-state index contributed by atoms with van der Waals surface area (Å²) >= 11 is 1.55. The zero-order chi connectivity index (χ0) is 17.3. The summed E-state index contributed by atoms with van der Waals surface area (Å²) in [5, 5.41) is 5.57. The van der Waals surface area contributed by atoms with Gasteiger partial charge in [-0.1, -0.05) is 6.92 Å². The lowest BCUT2D eigenvalue weighted by Crippen LogP contribution is -2.41. The Morgan fingerprint density at radius 3 is 2.75 bits per heavy atom. The van der Waals surface area contributed by atoms with Gasteiger partial charge in [-0.3, -0.25) is 4.79 Å². The largest absolute Gasteiger partial charge is 0.336 e. The average Bonchev–Trinajstić information content (AvgIpc) is 3.09. The normalized spacial score (nSPS) is 18.2. The van der Waals surface area contributed by atoms with Gasteiger partial charge in [0.2, 0.25) is 0 Å². The molecule has 1 aliphatic heterocycles. The van der Waals surface area contributed by atoms with E-state index in [0.717, 1.165) is 59.5 Å². The smallest absolute Gasteiger partial charge is 0.265 e. The third kappa shape index (κ3) is 3.36. The van der Waals surface area contributed by atoms with Crippen molar-refractivity contribution in [3.8, 4) is 0 Å². The highest BCUT2D eigenvalue weighted by Crippen LogP contribution is 2.26. The fourth-order valence-corrected chi connectivity index (χ4v) is 4.47. The van der Waals surface area contributed by atoms with Crippen molar-refractivity contribution in [1.29, 1.82) is 0 Å². The quantitative estimate of drug-likeness (QED) is 0.852. The van der Waals surface area contributed by atoms with Gasteiger partial charge >= 0.3 is 0 Å². The lowest BCUT2D eigenvalue weighted by Gasteiger charge is -2.33. The van der Waals surface area contributed by atoms with Gasteiger partial charge in [0.1, 0.15) is 16.5 Å². The molecule has 0 aromatic carbocycles. The zero-order valence-corrected chi connectivity index (χ0v) is 15.7. The number of aryl methyl sites for hydroxylation is 4. The summed E-state index contributed by atoms with van der Waals surface area (Å²) in [6, 6.07) is 0.215. The van der Waals surface area contributed by atoms with Gasteiger partial charge in [-0.15, -0.1) is 11.3 Å². The Kier molecular flexibility index (Phi) is 4.99. The van der Waals surface area contributed by atoms with Crippen LogP contribution in [0, 0.1) is 20.8 Å². The molecule has 1 unspecified atom stereocenters. The number of nitrogens with zero attached hydrogens (tertiary/aromatic N) is 5. The number of thiazole rings is 1. The first-order chi connectivity index (χ1) is 11.5. The van der Waals surface area contributed by atoms with Crippen LogP contribution in [0.1, 0.15) is 64.3 Å². The van der Waals surface area contributed by atoms with Crippen LogP contribution < -0.4 is 0 Å². The second kappa shape index (κ2) is 7.01. The summed E-state index contributed by atoms with van der Waals surface area (Å²) in [6.45, 7) is 9.47. The van der Waals surface area contributed by atoms with E-state index < -0.39 is 0 Å². The highest BCUT2D eigenvalue weighted by atomic mass is 32.1. The summed E-state index contributed by atoms with van der Waals surface area (Å²) in [5.41, 5.74) is 0.864. The summed E-state index contributed by atoms with van der Waals surface area (Å²) < 4.78 is 1.98. The number of carbonyl (C=O) groups excluding carboxylic acids is 1. The van der Waals surface area contributed by atoms with Crippen molar-refractivity contribution in [2.75, 3.05) is 13.1 Å². The summed E-state index contributed by atoms with van der Waals surface area (Å²) in [6.07, 6.45) is 4.03. The Morgan fingerprint density at radius 2 is 2.08 bits per heavy atom. The monoisotopic (exact) mass is 347 g/mol. The van der Waals surface area contributed by atoms with Crippen molar-refractivity contribution in [3.05, 3.63) is 27.2 Å². The molecule has 3 rings (SSSR count). The molecule has 7 heteroatoms. The van der Waals surface area contributed by atoms with E-state index in [2.05, 4.69) is 22.0 Å². The molecule has 0 bridgehead atoms. The first-order valence-corrected chi connectivity index (χ1v) is 9.46. The molecule has 0 spiro atoms. The van der Waals surface area contributed by atoms with E-state index >= 15 is 0 Å². The summed E-state index contributed by atoms with van der Waals surface area (Å²) in [7, 11) is 0. The molecule has 24 heavy (non-hydrogen) atoms. The predicted molar refractivity (Wildman–Crippen MR) is 94.5 cm³/mol. The number of rotatable bonds is 4. The number of amides is 1. The number of hydrogen-bond donors (Lipinski definition) is 0. The van der Waals surface area contributed by atoms with Crippen LogP contribution in [-0.4, -0.2) is 43.6 Å². The maximum Gasteiger partial charge on any atom is 0.265 e. The minimum Gasteiger partial charge on any atom is -0.336 e. The van der Waals surface area contributed by atoms with Crippen LogP contribution in [0.4, 0.5) is 0 Å². The van der Waals surface area contributed by atoms with Crippen molar-refractivity contribution in [2.45, 2.75) is 59.4 Å². The van der Waals surface area contributed by atoms with Crippen molar-refractivity contribution < 1.29 is 4.79 Å². The van der Waals surface area contributed by atoms with Crippen molar-refractivity contribution in [1.82, 2.24) is 24.6 Å². The standard InChI is InChI=1S/C17H25N5OS/c1-5-7-15-18-11(2)16(24-15)17(23)21-9-6-8-14(10-21)22-13(4)19-12(3)20-22/h14H,5-10H2,1-4H3. The van der Waals surface area contributed by atoms with Crippen LogP contribution in [0.25, 0.3) is 0 Å². The van der Waals surface area contributed by atoms with Crippen LogP contribution in [-0.2, 0) is 6.42 Å². The number of piperidine rings is 1. The van der Waals surface area contributed by atoms with E-state index in [1.165, 1.54) is 0 Å². The van der Waals surface area contributed by atoms with Gasteiger partial charge in [0.15, 0.2) is 0 Å². The highest BCUT2D eigenvalue weighted by molar-refractivity contribution is 7.13. The van der Waals surface area contributed by atoms with Gasteiger partial charge in [-0.05, 0) is 46.5 Å². The molecule has 0 aliphatic carbocycles. The van der Waals surface area contributed by atoms with Gasteiger partial charge in [-0.2, -0.15) is 5.10 Å². The molecule has 2 aromatic rings. The summed E-state index contributed by atoms with van der Waals surface area (Å²) in [4.78, 5) is 24.7. The second-order valence-electron chi connectivity index (χ2n) is 6.47. The first kappa shape index (κ1) is 17.1. The first-order valence-electron chi connectivity index (χ1n) is 8.65. The van der Waals surface area contributed by atoms with Crippen molar-refractivity contribution in [2.24, 2.45) is 0 Å². The highest BCUT2D eigenvalue weighted by Gasteiger charge is 2.29. The zero-order valence-electron chi connectivity index (χ0n) is 14.9. The molecule has 1 aliphatic rings. The predicted octanol–water partition coefficient (Wildman–Crippen LogP) is 3.09. The molecule has 6 nitrogen and oxygen atoms in total. The van der Waals surface area contributed by atoms with Gasteiger partial charge in [0.05, 0.1) is 16.7 Å². The van der Waals surface area contributed by atoms with E-state index in [4.69, 9.17) is 0 Å². The second-order valence-corrected chi connectivity index (χ2v) is 7.55. The number of hydrogen-bond acceptors (Lipinski definition) is 5. The Labute approximate surface area is 146 Å². The Hall–Kier alpha value is -1.76. The van der Waals surface area contributed by atoms with Crippen LogP contribution >= 0.6 is 11.3 Å². The minimum absolute atomic E-state index is 0.117. The van der Waals surface area contributed by atoms with Crippen LogP contribution in [0.3, 0.4) is 0 Å². The molecule has 0 N–H and O–H groups in total. The third-order valence-electron chi connectivity index (χ3n) is 4.44. The molecule has 130 valence electrons. The number of likely N-dealkylation sites (tertiary alicyclic amines) is 1. The maximum absolute atomic E-state index is 13.0. The SMILES string of the molecule is CCCc1nc(C)c(C(=O)N2CCCC(n3nc(C)nc3C)C2)s1. The average molecular weight is 347 g/mol. The van der Waals surface area contributed by atoms with Crippen molar-refractivity contribution in [3.63, 3.8) is 0 Å². The topological polar surface area (TPSA) is 63.9 Å². The molecule has 1 amide bonds. The lowest BCUT2D eigenvalue weighted by molar-refractivity contribution is 0.0675. The molecule has 0 saturated carbocycles. The van der Waals surface area contributed by atoms with E-state index in [1.807, 2.05) is 30.4 Å². The number of carbonyl (C=O) groups is 1. The maximum atomic E-state index is 13.0. The minimum atomic E-state index is 0.117. The number of aromatic nitrogens is 4. The molecular weight excluding hydrogens is 322 g/mol. The molecule has 1 saturated heterocycles. The Bertz CT molecular complexity index is 735. The van der Waals surface area contributed by atoms with Gasteiger partial charge in [-0.25, -0.2) is 14.6 Å². The van der Waals surface area contributed by atoms with Crippen molar-refractivity contribution >= 4 is 17.2 Å². The molecular formula is C17H25N5OS. The van der Waals surface area contributed by atoms with E-state index in [1.54, 1.807) is 11.3 Å². The van der Waals surface area contributed by atoms with E-state index in [0.29, 0.717) is 6.54 Å². The molecule has 1 atom stereocenters. The molecule has 2 aromatic heterocycles. The molecule has 0 radical (unpaired) electrons. The Balaban J connectivity index is 1.77. The third-order valence-corrected chi connectivity index (χ3v) is 5.64. The van der Waals surface area contributed by atoms with Gasteiger partial charge in [0, 0.05) is 13.1 Å². The van der Waals surface area contributed by atoms with Gasteiger partial charge < -0.3 is 4.90 Å². The lowest BCUT2D eigenvalue weighted by atomic mass is 10.1. The fourth-order valence-electron chi connectivity index (χ4n) is 3.34. The van der Waals surface area contributed by atoms with E-state index in [-0.39, 0.29) is 11.9 Å². The van der Waals surface area contributed by atoms with Crippen LogP contribution in [0.15, 0.2) is 0 Å². The molecule has 3 heterocycles. The van der Waals surface area contributed by atoms with Crippen LogP contribution in [0.5, 0.6) is 0 Å². The Morgan fingerprint density at radius 1 is 1.29 bits per heavy atom. The van der Waals surface area contributed by atoms with Gasteiger partial charge in [0.25, 0.3) is 5.91 Å². The molecule has 1 fully saturated rings. The summed E-state index contributed by atoms with van der Waals surface area (Å²) in [5.74, 6) is 1.83. The van der Waals surface area contributed by atoms with E-state index in [9.17, 15) is 4.79 Å². The van der Waals surface area contributed by atoms with Crippen LogP contribution in [0.2, 0.25) is 0 Å². The fraction of sp³-hybridized carbons (Fsp3) is 0.647.